The average molecular weight is 604 g/mol. The number of amides is 4. The van der Waals surface area contributed by atoms with E-state index < -0.39 is 54.5 Å². The molecule has 1 aromatic heterocycles. The van der Waals surface area contributed by atoms with E-state index >= 15 is 0 Å². The van der Waals surface area contributed by atoms with Gasteiger partial charge in [-0.05, 0) is 36.0 Å². The fourth-order valence-corrected chi connectivity index (χ4v) is 5.32. The highest BCUT2D eigenvalue weighted by Gasteiger charge is 2.47. The lowest BCUT2D eigenvalue weighted by Gasteiger charge is -2.25. The van der Waals surface area contributed by atoms with Crippen LogP contribution >= 0.6 is 0 Å². The topological polar surface area (TPSA) is 165 Å². The first-order valence-corrected chi connectivity index (χ1v) is 14.9. The molecule has 3 aromatic rings. The molecule has 44 heavy (non-hydrogen) atoms. The highest BCUT2D eigenvalue weighted by Crippen LogP contribution is 2.28. The van der Waals surface area contributed by atoms with Gasteiger partial charge in [-0.25, -0.2) is 9.78 Å². The van der Waals surface area contributed by atoms with Crippen LogP contribution in [0.4, 0.5) is 4.79 Å². The van der Waals surface area contributed by atoms with Gasteiger partial charge in [0.05, 0.1) is 18.0 Å². The number of pyridine rings is 1. The Morgan fingerprint density at radius 2 is 1.57 bits per heavy atom. The minimum atomic E-state index is -1.24. The molecule has 4 atom stereocenters. The lowest BCUT2D eigenvalue weighted by Crippen LogP contribution is -2.53. The van der Waals surface area contributed by atoms with Crippen LogP contribution in [0.3, 0.4) is 0 Å². The number of hydrogen-bond acceptors (Lipinski definition) is 7. The third-order valence-corrected chi connectivity index (χ3v) is 7.60. The number of ether oxygens (including phenoxy) is 2. The van der Waals surface area contributed by atoms with Gasteiger partial charge in [-0.15, -0.1) is 0 Å². The number of fused-ring (bicyclic) bond motifs is 1. The molecule has 5 N–H and O–H groups in total. The molecule has 11 heteroatoms. The van der Waals surface area contributed by atoms with Crippen LogP contribution in [0, 0.1) is 11.8 Å². The number of alkyl carbamates (subject to hydrolysis) is 1. The molecule has 0 saturated carbocycles. The number of nitrogens with zero attached hydrogens (tertiary/aromatic N) is 1. The molecule has 1 saturated heterocycles. The molecule has 0 bridgehead atoms. The fourth-order valence-electron chi connectivity index (χ4n) is 5.32. The molecule has 1 fully saturated rings. The first kappa shape index (κ1) is 32.4. The van der Waals surface area contributed by atoms with E-state index in [9.17, 15) is 19.2 Å². The van der Waals surface area contributed by atoms with Crippen molar-refractivity contribution < 1.29 is 28.7 Å². The average Bonchev–Trinajstić information content (AvgIpc) is 3.77. The predicted molar refractivity (Wildman–Crippen MR) is 165 cm³/mol. The van der Waals surface area contributed by atoms with Gasteiger partial charge in [0.15, 0.2) is 0 Å². The van der Waals surface area contributed by atoms with Crippen molar-refractivity contribution in [2.24, 2.45) is 17.6 Å². The molecule has 1 aliphatic heterocycles. The molecule has 4 rings (SSSR count). The van der Waals surface area contributed by atoms with Crippen molar-refractivity contribution in [1.82, 2.24) is 20.9 Å². The Balaban J connectivity index is 1.42. The highest BCUT2D eigenvalue weighted by molar-refractivity contribution is 5.99. The van der Waals surface area contributed by atoms with Crippen LogP contribution in [-0.4, -0.2) is 65.7 Å². The van der Waals surface area contributed by atoms with Gasteiger partial charge in [0.1, 0.15) is 30.6 Å². The monoisotopic (exact) mass is 603 g/mol. The van der Waals surface area contributed by atoms with Crippen LogP contribution < -0.4 is 21.7 Å². The minimum absolute atomic E-state index is 0.00958. The van der Waals surface area contributed by atoms with E-state index in [0.29, 0.717) is 11.9 Å². The summed E-state index contributed by atoms with van der Waals surface area (Å²) >= 11 is 0. The molecule has 0 unspecified atom stereocenters. The second-order valence-electron chi connectivity index (χ2n) is 11.8. The molecule has 1 aliphatic rings. The van der Waals surface area contributed by atoms with Gasteiger partial charge in [-0.2, -0.15) is 0 Å². The first-order chi connectivity index (χ1) is 21.0. The molecule has 2 aromatic carbocycles. The van der Waals surface area contributed by atoms with Gasteiger partial charge in [-0.3, -0.25) is 14.4 Å². The first-order valence-electron chi connectivity index (χ1n) is 14.9. The number of hydrogen-bond donors (Lipinski definition) is 4. The standard InChI is InChI=1S/C33H41N5O6/c1-19(2)29(20(3)4)38-33(42)43-18-27-30(44-27)25(16-21-10-6-5-7-11-21)36-32(41)26(17-28(34)39)37-31(40)24-15-14-22-12-8-9-13-23(22)35-24/h5-15,19-20,25-27,29-30H,16-18H2,1-4H3,(H2,34,39)(H,36,41)(H,37,40)(H,38,42)/t25-,26-,27-,30+/m0/s1. The zero-order valence-electron chi connectivity index (χ0n) is 25.5. The predicted octanol–water partition coefficient (Wildman–Crippen LogP) is 3.11. The number of nitrogens with one attached hydrogen (secondary N) is 3. The van der Waals surface area contributed by atoms with Gasteiger partial charge < -0.3 is 31.2 Å². The van der Waals surface area contributed by atoms with Crippen molar-refractivity contribution in [1.29, 1.82) is 0 Å². The Morgan fingerprint density at radius 1 is 0.886 bits per heavy atom. The second-order valence-corrected chi connectivity index (χ2v) is 11.8. The summed E-state index contributed by atoms with van der Waals surface area (Å²) < 4.78 is 11.3. The Bertz CT molecular complexity index is 1460. The summed E-state index contributed by atoms with van der Waals surface area (Å²) in [4.78, 5) is 55.3. The van der Waals surface area contributed by atoms with Crippen molar-refractivity contribution in [3.8, 4) is 0 Å². The number of carbonyl (C=O) groups excluding carboxylic acids is 4. The van der Waals surface area contributed by atoms with Gasteiger partial charge >= 0.3 is 6.09 Å². The van der Waals surface area contributed by atoms with E-state index in [2.05, 4.69) is 20.9 Å². The summed E-state index contributed by atoms with van der Waals surface area (Å²) in [7, 11) is 0. The van der Waals surface area contributed by atoms with Crippen LogP contribution in [0.1, 0.15) is 50.2 Å². The quantitative estimate of drug-likeness (QED) is 0.206. The van der Waals surface area contributed by atoms with Crippen LogP contribution in [0.15, 0.2) is 66.7 Å². The summed E-state index contributed by atoms with van der Waals surface area (Å²) in [5, 5.41) is 9.32. The zero-order chi connectivity index (χ0) is 31.8. The Morgan fingerprint density at radius 3 is 2.25 bits per heavy atom. The van der Waals surface area contributed by atoms with Crippen molar-refractivity contribution >= 4 is 34.7 Å². The van der Waals surface area contributed by atoms with E-state index in [-0.39, 0.29) is 30.2 Å². The molecule has 4 amide bonds. The van der Waals surface area contributed by atoms with Crippen molar-refractivity contribution in [2.45, 2.75) is 70.9 Å². The molecule has 234 valence electrons. The molecular weight excluding hydrogens is 562 g/mol. The van der Waals surface area contributed by atoms with Crippen molar-refractivity contribution in [2.75, 3.05) is 6.61 Å². The van der Waals surface area contributed by atoms with Gasteiger partial charge in [0, 0.05) is 11.4 Å². The van der Waals surface area contributed by atoms with Crippen LogP contribution in [-0.2, 0) is 25.5 Å². The maximum absolute atomic E-state index is 13.5. The molecule has 2 heterocycles. The van der Waals surface area contributed by atoms with Crippen LogP contribution in [0.5, 0.6) is 0 Å². The smallest absolute Gasteiger partial charge is 0.407 e. The number of para-hydroxylation sites is 1. The van der Waals surface area contributed by atoms with Gasteiger partial charge in [0.25, 0.3) is 5.91 Å². The van der Waals surface area contributed by atoms with E-state index in [0.717, 1.165) is 10.9 Å². The third kappa shape index (κ3) is 9.00. The summed E-state index contributed by atoms with van der Waals surface area (Å²) in [6.07, 6.45) is -1.41. The van der Waals surface area contributed by atoms with E-state index in [1.807, 2.05) is 76.2 Å². The van der Waals surface area contributed by atoms with Crippen LogP contribution in [0.2, 0.25) is 0 Å². The Labute approximate surface area is 257 Å². The number of epoxide rings is 1. The molecular formula is C33H41N5O6. The summed E-state index contributed by atoms with van der Waals surface area (Å²) in [6, 6.07) is 18.3. The largest absolute Gasteiger partial charge is 0.447 e. The molecule has 0 radical (unpaired) electrons. The maximum atomic E-state index is 13.5. The number of aromatic nitrogens is 1. The van der Waals surface area contributed by atoms with Gasteiger partial charge in [-0.1, -0.05) is 82.3 Å². The third-order valence-electron chi connectivity index (χ3n) is 7.60. The molecule has 0 spiro atoms. The Kier molecular flexibility index (Phi) is 10.9. The summed E-state index contributed by atoms with van der Waals surface area (Å²) in [5.41, 5.74) is 7.11. The van der Waals surface area contributed by atoms with Crippen LogP contribution in [0.25, 0.3) is 10.9 Å². The molecule has 0 aliphatic carbocycles. The SMILES string of the molecule is CC(C)C(NC(=O)OC[C@@H]1O[C@@H]1[C@H](Cc1ccccc1)NC(=O)[C@H](CC(N)=O)NC(=O)c1ccc2ccccc2n1)C(C)C. The zero-order valence-corrected chi connectivity index (χ0v) is 25.5. The van der Waals surface area contributed by atoms with E-state index in [1.54, 1.807) is 18.2 Å². The second kappa shape index (κ2) is 14.8. The lowest BCUT2D eigenvalue weighted by atomic mass is 9.93. The maximum Gasteiger partial charge on any atom is 0.407 e. The number of benzene rings is 2. The number of carbonyl (C=O) groups is 4. The number of rotatable bonds is 14. The van der Waals surface area contributed by atoms with E-state index in [1.165, 1.54) is 0 Å². The van der Waals surface area contributed by atoms with Crippen molar-refractivity contribution in [3.05, 3.63) is 78.0 Å². The molecule has 11 nitrogen and oxygen atoms in total. The Hall–Kier alpha value is -4.51. The normalized spacial score (nSPS) is 17.2. The summed E-state index contributed by atoms with van der Waals surface area (Å²) in [5.74, 6) is -1.48. The van der Waals surface area contributed by atoms with Gasteiger partial charge in [0.2, 0.25) is 11.8 Å². The number of nitrogens with two attached hydrogens (primary N) is 1. The summed E-state index contributed by atoms with van der Waals surface area (Å²) in [6.45, 7) is 8.15. The van der Waals surface area contributed by atoms with E-state index in [4.69, 9.17) is 15.2 Å². The lowest BCUT2D eigenvalue weighted by molar-refractivity contribution is -0.127. The minimum Gasteiger partial charge on any atom is -0.447 e. The van der Waals surface area contributed by atoms with Crippen molar-refractivity contribution in [3.63, 3.8) is 0 Å². The fraction of sp³-hybridized carbons (Fsp3) is 0.424. The highest BCUT2D eigenvalue weighted by atomic mass is 16.6. The number of primary amides is 1.